The Hall–Kier alpha value is -1.49. The molecule has 0 radical (unpaired) electrons. The minimum Gasteiger partial charge on any atom is -0.464 e. The highest BCUT2D eigenvalue weighted by Crippen LogP contribution is 2.34. The average Bonchev–Trinajstić information content (AvgIpc) is 3.42. The molecule has 0 aromatic rings. The maximum atomic E-state index is 12.0. The summed E-state index contributed by atoms with van der Waals surface area (Å²) in [6.07, 6.45) is 8.31. The zero-order chi connectivity index (χ0) is 16.8. The number of nitrogens with zero attached hydrogens (tertiary/aromatic N) is 1. The van der Waals surface area contributed by atoms with Crippen LogP contribution in [0, 0.1) is 11.8 Å². The standard InChI is InChI=1S/C17H26ClN3O2/c1-11(13-8-9-13)21-15(17(22)23-2)14(18)16(19)20-10-12-6-4-3-5-7-12/h12-13,21H,1,3-10H2,2H3,(H2,19,20). The van der Waals surface area contributed by atoms with Crippen LogP contribution in [0.1, 0.15) is 44.9 Å². The van der Waals surface area contributed by atoms with Crippen molar-refractivity contribution in [3.8, 4) is 0 Å². The fourth-order valence-electron chi connectivity index (χ4n) is 2.79. The number of ether oxygens (including phenoxy) is 1. The molecule has 23 heavy (non-hydrogen) atoms. The lowest BCUT2D eigenvalue weighted by atomic mass is 9.89. The zero-order valence-electron chi connectivity index (χ0n) is 13.7. The van der Waals surface area contributed by atoms with Gasteiger partial charge in [-0.15, -0.1) is 0 Å². The van der Waals surface area contributed by atoms with Crippen LogP contribution in [0.3, 0.4) is 0 Å². The molecule has 0 aliphatic heterocycles. The molecular weight excluding hydrogens is 314 g/mol. The third-order valence-corrected chi connectivity index (χ3v) is 4.82. The number of aliphatic imine (C=N–C) groups is 1. The molecule has 3 N–H and O–H groups in total. The van der Waals surface area contributed by atoms with E-state index in [-0.39, 0.29) is 16.6 Å². The van der Waals surface area contributed by atoms with Gasteiger partial charge in [-0.3, -0.25) is 4.99 Å². The van der Waals surface area contributed by atoms with Crippen molar-refractivity contribution in [3.05, 3.63) is 23.0 Å². The summed E-state index contributed by atoms with van der Waals surface area (Å²) in [7, 11) is 1.31. The smallest absolute Gasteiger partial charge is 0.356 e. The predicted molar refractivity (Wildman–Crippen MR) is 93.0 cm³/mol. The Labute approximate surface area is 143 Å². The van der Waals surface area contributed by atoms with Crippen molar-refractivity contribution in [2.24, 2.45) is 22.6 Å². The molecule has 0 bridgehead atoms. The van der Waals surface area contributed by atoms with E-state index in [1.807, 2.05) is 0 Å². The van der Waals surface area contributed by atoms with Gasteiger partial charge in [0.2, 0.25) is 0 Å². The lowest BCUT2D eigenvalue weighted by Crippen LogP contribution is -2.27. The SMILES string of the molecule is C=C(NC(C(=O)OC)=C(Cl)C(N)=NCC1CCCCC1)C1CC1. The number of hydrogen-bond acceptors (Lipinski definition) is 4. The summed E-state index contributed by atoms with van der Waals surface area (Å²) in [5.74, 6) is 0.559. The van der Waals surface area contributed by atoms with Crippen molar-refractivity contribution in [1.29, 1.82) is 0 Å². The number of allylic oxidation sites excluding steroid dienone is 1. The van der Waals surface area contributed by atoms with Crippen LogP contribution in [0.4, 0.5) is 0 Å². The normalized spacial score (nSPS) is 20.7. The number of amidine groups is 1. The molecule has 128 valence electrons. The van der Waals surface area contributed by atoms with E-state index in [4.69, 9.17) is 22.1 Å². The first kappa shape index (κ1) is 17.9. The van der Waals surface area contributed by atoms with Crippen LogP contribution in [0.2, 0.25) is 0 Å². The van der Waals surface area contributed by atoms with Crippen molar-refractivity contribution >= 4 is 23.4 Å². The van der Waals surface area contributed by atoms with E-state index in [1.165, 1.54) is 39.2 Å². The topological polar surface area (TPSA) is 76.7 Å². The Bertz CT molecular complexity index is 518. The average molecular weight is 340 g/mol. The van der Waals surface area contributed by atoms with Gasteiger partial charge in [-0.25, -0.2) is 4.79 Å². The Morgan fingerprint density at radius 1 is 1.30 bits per heavy atom. The highest BCUT2D eigenvalue weighted by atomic mass is 35.5. The minimum atomic E-state index is -0.562. The number of esters is 1. The van der Waals surface area contributed by atoms with Crippen LogP contribution in [-0.2, 0) is 9.53 Å². The van der Waals surface area contributed by atoms with Gasteiger partial charge in [0.15, 0.2) is 0 Å². The summed E-state index contributed by atoms with van der Waals surface area (Å²) in [6.45, 7) is 4.59. The molecule has 2 aliphatic rings. The van der Waals surface area contributed by atoms with Crippen LogP contribution in [0.15, 0.2) is 28.0 Å². The third kappa shape index (κ3) is 5.27. The van der Waals surface area contributed by atoms with Gasteiger partial charge in [-0.05, 0) is 37.5 Å². The van der Waals surface area contributed by atoms with Gasteiger partial charge in [0.25, 0.3) is 0 Å². The predicted octanol–water partition coefficient (Wildman–Crippen LogP) is 3.06. The lowest BCUT2D eigenvalue weighted by molar-refractivity contribution is -0.136. The molecule has 2 rings (SSSR count). The van der Waals surface area contributed by atoms with Gasteiger partial charge < -0.3 is 15.8 Å². The summed E-state index contributed by atoms with van der Waals surface area (Å²) in [4.78, 5) is 16.3. The molecule has 0 spiro atoms. The number of rotatable bonds is 7. The maximum Gasteiger partial charge on any atom is 0.356 e. The molecule has 0 heterocycles. The second-order valence-corrected chi connectivity index (χ2v) is 6.71. The van der Waals surface area contributed by atoms with Gasteiger partial charge in [0.05, 0.1) is 7.11 Å². The summed E-state index contributed by atoms with van der Waals surface area (Å²) >= 11 is 6.28. The quantitative estimate of drug-likeness (QED) is 0.323. The van der Waals surface area contributed by atoms with E-state index in [9.17, 15) is 4.79 Å². The fraction of sp³-hybridized carbons (Fsp3) is 0.647. The maximum absolute atomic E-state index is 12.0. The number of carbonyl (C=O) groups is 1. The Balaban J connectivity index is 2.07. The number of carbonyl (C=O) groups excluding carboxylic acids is 1. The first-order valence-electron chi connectivity index (χ1n) is 8.27. The Kier molecular flexibility index (Phi) is 6.51. The third-order valence-electron chi connectivity index (χ3n) is 4.43. The van der Waals surface area contributed by atoms with E-state index < -0.39 is 5.97 Å². The molecule has 0 aromatic carbocycles. The van der Waals surface area contributed by atoms with Gasteiger partial charge >= 0.3 is 5.97 Å². The van der Waals surface area contributed by atoms with Gasteiger partial charge in [0, 0.05) is 12.2 Å². The molecular formula is C17H26ClN3O2. The summed E-state index contributed by atoms with van der Waals surface area (Å²) in [5.41, 5.74) is 6.87. The summed E-state index contributed by atoms with van der Waals surface area (Å²) < 4.78 is 4.78. The molecule has 0 aromatic heterocycles. The zero-order valence-corrected chi connectivity index (χ0v) is 14.5. The van der Waals surface area contributed by atoms with Crippen LogP contribution in [0.5, 0.6) is 0 Å². The van der Waals surface area contributed by atoms with E-state index in [2.05, 4.69) is 16.9 Å². The van der Waals surface area contributed by atoms with E-state index >= 15 is 0 Å². The Morgan fingerprint density at radius 2 is 1.96 bits per heavy atom. The number of nitrogens with one attached hydrogen (secondary N) is 1. The molecule has 0 unspecified atom stereocenters. The highest BCUT2D eigenvalue weighted by Gasteiger charge is 2.28. The molecule has 0 amide bonds. The minimum absolute atomic E-state index is 0.106. The first-order valence-corrected chi connectivity index (χ1v) is 8.65. The van der Waals surface area contributed by atoms with Crippen molar-refractivity contribution in [1.82, 2.24) is 5.32 Å². The van der Waals surface area contributed by atoms with E-state index in [0.29, 0.717) is 18.4 Å². The number of hydrogen-bond donors (Lipinski definition) is 2. The monoisotopic (exact) mass is 339 g/mol. The molecule has 2 saturated carbocycles. The number of nitrogens with two attached hydrogens (primary N) is 1. The van der Waals surface area contributed by atoms with Crippen molar-refractivity contribution in [2.75, 3.05) is 13.7 Å². The van der Waals surface area contributed by atoms with Crippen LogP contribution < -0.4 is 11.1 Å². The van der Waals surface area contributed by atoms with Crippen molar-refractivity contribution in [2.45, 2.75) is 44.9 Å². The highest BCUT2D eigenvalue weighted by molar-refractivity contribution is 6.44. The van der Waals surface area contributed by atoms with Gasteiger partial charge in [-0.1, -0.05) is 37.4 Å². The van der Waals surface area contributed by atoms with Crippen molar-refractivity contribution in [3.63, 3.8) is 0 Å². The van der Waals surface area contributed by atoms with Crippen LogP contribution >= 0.6 is 11.6 Å². The second kappa shape index (κ2) is 8.39. The molecule has 0 saturated heterocycles. The largest absolute Gasteiger partial charge is 0.464 e. The number of methoxy groups -OCH3 is 1. The first-order chi connectivity index (χ1) is 11.0. The Morgan fingerprint density at radius 3 is 2.52 bits per heavy atom. The number of halogens is 1. The van der Waals surface area contributed by atoms with Gasteiger partial charge in [0.1, 0.15) is 16.6 Å². The molecule has 5 nitrogen and oxygen atoms in total. The van der Waals surface area contributed by atoms with Crippen LogP contribution in [0.25, 0.3) is 0 Å². The van der Waals surface area contributed by atoms with Crippen LogP contribution in [-0.4, -0.2) is 25.5 Å². The van der Waals surface area contributed by atoms with E-state index in [1.54, 1.807) is 0 Å². The van der Waals surface area contributed by atoms with Gasteiger partial charge in [-0.2, -0.15) is 0 Å². The lowest BCUT2D eigenvalue weighted by Gasteiger charge is -2.19. The van der Waals surface area contributed by atoms with E-state index in [0.717, 1.165) is 18.5 Å². The molecule has 2 aliphatic carbocycles. The fourth-order valence-corrected chi connectivity index (χ4v) is 2.97. The van der Waals surface area contributed by atoms with Crippen molar-refractivity contribution < 1.29 is 9.53 Å². The molecule has 2 fully saturated rings. The summed E-state index contributed by atoms with van der Waals surface area (Å²) in [6, 6.07) is 0. The molecule has 6 heteroatoms. The molecule has 0 atom stereocenters. The second-order valence-electron chi connectivity index (χ2n) is 6.34. The summed E-state index contributed by atoms with van der Waals surface area (Å²) in [5, 5.41) is 3.07.